The van der Waals surface area contributed by atoms with E-state index >= 15 is 0 Å². The van der Waals surface area contributed by atoms with Crippen LogP contribution < -0.4 is 0 Å². The molecule has 0 N–H and O–H groups in total. The summed E-state index contributed by atoms with van der Waals surface area (Å²) in [4.78, 5) is 32.3. The molecule has 0 spiro atoms. The summed E-state index contributed by atoms with van der Waals surface area (Å²) in [7, 11) is 0. The van der Waals surface area contributed by atoms with Crippen molar-refractivity contribution in [1.82, 2.24) is 9.97 Å². The van der Waals surface area contributed by atoms with Crippen molar-refractivity contribution in [2.45, 2.75) is 52.1 Å². The fourth-order valence-electron chi connectivity index (χ4n) is 4.32. The van der Waals surface area contributed by atoms with Gasteiger partial charge in [0, 0.05) is 25.7 Å². The number of pyridine rings is 2. The number of Topliss-reactive ketones (excluding diaryl/α,β-unsaturated/α-hetero) is 1. The molecule has 2 aromatic heterocycles. The van der Waals surface area contributed by atoms with E-state index in [1.54, 1.807) is 12.4 Å². The maximum atomic E-state index is 13.4. The van der Waals surface area contributed by atoms with Crippen molar-refractivity contribution in [2.75, 3.05) is 0 Å². The van der Waals surface area contributed by atoms with E-state index in [9.17, 15) is 14.0 Å². The van der Waals surface area contributed by atoms with E-state index in [1.165, 1.54) is 19.1 Å². The van der Waals surface area contributed by atoms with Crippen molar-refractivity contribution in [3.8, 4) is 0 Å². The Labute approximate surface area is 178 Å². The molecule has 1 aliphatic carbocycles. The zero-order valence-corrected chi connectivity index (χ0v) is 18.3. The van der Waals surface area contributed by atoms with Crippen LogP contribution in [0.2, 0.25) is 0 Å². The van der Waals surface area contributed by atoms with E-state index in [1.807, 2.05) is 6.07 Å². The van der Waals surface area contributed by atoms with Crippen molar-refractivity contribution < 1.29 is 18.7 Å². The minimum atomic E-state index is -0.504. The number of esters is 1. The first kappa shape index (κ1) is 21.6. The van der Waals surface area contributed by atoms with Gasteiger partial charge in [-0.3, -0.25) is 14.6 Å². The van der Waals surface area contributed by atoms with Crippen LogP contribution in [0, 0.1) is 17.7 Å². The Kier molecular flexibility index (Phi) is 6.77. The first-order valence-electron chi connectivity index (χ1n) is 9.71. The van der Waals surface area contributed by atoms with Gasteiger partial charge in [-0.2, -0.15) is 0 Å². The van der Waals surface area contributed by atoms with Crippen molar-refractivity contribution in [3.05, 3.63) is 57.8 Å². The topological polar surface area (TPSA) is 69.2 Å². The molecule has 1 aliphatic rings. The van der Waals surface area contributed by atoms with Crippen LogP contribution in [-0.2, 0) is 16.0 Å². The molecule has 3 rings (SSSR count). The van der Waals surface area contributed by atoms with Crippen molar-refractivity contribution >= 4 is 27.7 Å². The number of carbonyl (C=O) groups excluding carboxylic acids is 2. The Morgan fingerprint density at radius 3 is 2.52 bits per heavy atom. The summed E-state index contributed by atoms with van der Waals surface area (Å²) in [6.07, 6.45) is 5.27. The van der Waals surface area contributed by atoms with Gasteiger partial charge in [0.25, 0.3) is 0 Å². The Morgan fingerprint density at radius 1 is 1.21 bits per heavy atom. The molecule has 0 saturated heterocycles. The van der Waals surface area contributed by atoms with Gasteiger partial charge in [-0.1, -0.05) is 13.8 Å². The number of aromatic nitrogens is 2. The van der Waals surface area contributed by atoms with Gasteiger partial charge in [-0.15, -0.1) is 0 Å². The second kappa shape index (κ2) is 9.11. The summed E-state index contributed by atoms with van der Waals surface area (Å²) in [5.74, 6) is -0.241. The molecule has 4 atom stereocenters. The fourth-order valence-corrected chi connectivity index (χ4v) is 4.64. The van der Waals surface area contributed by atoms with Crippen LogP contribution >= 0.6 is 15.9 Å². The summed E-state index contributed by atoms with van der Waals surface area (Å²) in [6, 6.07) is 4.59. The third kappa shape index (κ3) is 5.07. The van der Waals surface area contributed by atoms with Gasteiger partial charge in [0.05, 0.1) is 0 Å². The van der Waals surface area contributed by atoms with E-state index in [2.05, 4.69) is 39.7 Å². The van der Waals surface area contributed by atoms with E-state index in [-0.39, 0.29) is 52.3 Å². The summed E-state index contributed by atoms with van der Waals surface area (Å²) < 4.78 is 19.0. The standard InChI is InChI=1S/C22H24BrFN2O3/c1-12-8-15(9-13(2)21(12)29-14(3)27)17-6-7-25-11-16(17)10-20(28)19-5-4-18(24)22(23)26-19/h4-7,11-13,15,21H,8-10H2,1-3H3/t12-,13+,15?,21?. The smallest absolute Gasteiger partial charge is 0.302 e. The Morgan fingerprint density at radius 2 is 1.90 bits per heavy atom. The normalized spacial score (nSPS) is 24.2. The van der Waals surface area contributed by atoms with Gasteiger partial charge < -0.3 is 4.74 Å². The van der Waals surface area contributed by atoms with Crippen molar-refractivity contribution in [2.24, 2.45) is 11.8 Å². The minimum absolute atomic E-state index is 0.0289. The Bertz CT molecular complexity index is 909. The number of hydrogen-bond donors (Lipinski definition) is 0. The van der Waals surface area contributed by atoms with Crippen molar-refractivity contribution in [3.63, 3.8) is 0 Å². The van der Waals surface area contributed by atoms with Crippen molar-refractivity contribution in [1.29, 1.82) is 0 Å². The number of halogens is 2. The molecule has 2 heterocycles. The lowest BCUT2D eigenvalue weighted by Gasteiger charge is -2.39. The maximum absolute atomic E-state index is 13.4. The number of ketones is 1. The molecule has 5 nitrogen and oxygen atoms in total. The lowest BCUT2D eigenvalue weighted by atomic mass is 9.71. The lowest BCUT2D eigenvalue weighted by molar-refractivity contribution is -0.154. The Hall–Kier alpha value is -2.15. The monoisotopic (exact) mass is 462 g/mol. The van der Waals surface area contributed by atoms with Gasteiger partial charge in [-0.25, -0.2) is 9.37 Å². The molecular formula is C22H24BrFN2O3. The molecule has 0 amide bonds. The van der Waals surface area contributed by atoms with Crippen LogP contribution in [0.15, 0.2) is 35.2 Å². The van der Waals surface area contributed by atoms with Gasteiger partial charge in [-0.05, 0) is 75.9 Å². The van der Waals surface area contributed by atoms with Crippen LogP contribution in [0.4, 0.5) is 4.39 Å². The summed E-state index contributed by atoms with van der Waals surface area (Å²) >= 11 is 3.03. The molecule has 1 fully saturated rings. The summed E-state index contributed by atoms with van der Waals surface area (Å²) in [5.41, 5.74) is 2.16. The van der Waals surface area contributed by atoms with Gasteiger partial charge >= 0.3 is 5.97 Å². The third-order valence-corrected chi connectivity index (χ3v) is 6.11. The third-order valence-electron chi connectivity index (χ3n) is 5.56. The highest BCUT2D eigenvalue weighted by atomic mass is 79.9. The maximum Gasteiger partial charge on any atom is 0.302 e. The SMILES string of the molecule is CC(=O)OC1[C@H](C)CC(c2ccncc2CC(=O)c2ccc(F)c(Br)n2)C[C@@H]1C. The number of ether oxygens (including phenoxy) is 1. The first-order valence-corrected chi connectivity index (χ1v) is 10.5. The second-order valence-electron chi connectivity index (χ2n) is 7.84. The van der Waals surface area contributed by atoms with Crippen LogP contribution in [0.1, 0.15) is 61.1 Å². The minimum Gasteiger partial charge on any atom is -0.462 e. The quantitative estimate of drug-likeness (QED) is 0.359. The molecule has 7 heteroatoms. The van der Waals surface area contributed by atoms with Crippen LogP contribution in [0.25, 0.3) is 0 Å². The highest BCUT2D eigenvalue weighted by Crippen LogP contribution is 2.41. The molecular weight excluding hydrogens is 439 g/mol. The number of nitrogens with zero attached hydrogens (tertiary/aromatic N) is 2. The number of carbonyl (C=O) groups is 2. The van der Waals surface area contributed by atoms with Gasteiger partial charge in [0.15, 0.2) is 11.6 Å². The summed E-state index contributed by atoms with van der Waals surface area (Å²) in [5, 5.41) is 0. The average Bonchev–Trinajstić information content (AvgIpc) is 2.67. The van der Waals surface area contributed by atoms with Gasteiger partial charge in [0.2, 0.25) is 0 Å². The second-order valence-corrected chi connectivity index (χ2v) is 8.59. The molecule has 0 bridgehead atoms. The molecule has 0 radical (unpaired) electrons. The molecule has 29 heavy (non-hydrogen) atoms. The van der Waals surface area contributed by atoms with Crippen LogP contribution in [0.3, 0.4) is 0 Å². The van der Waals surface area contributed by atoms with Crippen LogP contribution in [-0.4, -0.2) is 27.8 Å². The molecule has 2 unspecified atom stereocenters. The molecule has 1 saturated carbocycles. The highest BCUT2D eigenvalue weighted by Gasteiger charge is 2.36. The molecule has 0 aromatic carbocycles. The molecule has 0 aliphatic heterocycles. The van der Waals surface area contributed by atoms with E-state index in [0.29, 0.717) is 0 Å². The predicted octanol–water partition coefficient (Wildman–Crippen LogP) is 4.88. The van der Waals surface area contributed by atoms with E-state index in [0.717, 1.165) is 24.0 Å². The summed E-state index contributed by atoms with van der Waals surface area (Å²) in [6.45, 7) is 5.64. The molecule has 2 aromatic rings. The zero-order valence-electron chi connectivity index (χ0n) is 16.7. The molecule has 154 valence electrons. The first-order chi connectivity index (χ1) is 13.8. The largest absolute Gasteiger partial charge is 0.462 e. The lowest BCUT2D eigenvalue weighted by Crippen LogP contribution is -2.37. The van der Waals surface area contributed by atoms with Gasteiger partial charge in [0.1, 0.15) is 16.4 Å². The number of hydrogen-bond acceptors (Lipinski definition) is 5. The van der Waals surface area contributed by atoms with E-state index in [4.69, 9.17) is 4.74 Å². The zero-order chi connectivity index (χ0) is 21.1. The number of rotatable bonds is 5. The predicted molar refractivity (Wildman–Crippen MR) is 110 cm³/mol. The average molecular weight is 463 g/mol. The van der Waals surface area contributed by atoms with Crippen LogP contribution in [0.5, 0.6) is 0 Å². The van der Waals surface area contributed by atoms with E-state index < -0.39 is 5.82 Å². The highest BCUT2D eigenvalue weighted by molar-refractivity contribution is 9.10. The Balaban J connectivity index is 1.79. The fraction of sp³-hybridized carbons (Fsp3) is 0.455.